The van der Waals surface area contributed by atoms with Gasteiger partial charge in [-0.05, 0) is 80.2 Å². The van der Waals surface area contributed by atoms with Crippen LogP contribution in [0.15, 0.2) is 58.7 Å². The van der Waals surface area contributed by atoms with E-state index in [0.717, 1.165) is 17.1 Å². The summed E-state index contributed by atoms with van der Waals surface area (Å²) in [4.78, 5) is 38.7. The van der Waals surface area contributed by atoms with E-state index in [2.05, 4.69) is 5.32 Å². The van der Waals surface area contributed by atoms with E-state index in [1.165, 1.54) is 18.3 Å². The number of amides is 2. The number of furan rings is 1. The van der Waals surface area contributed by atoms with Gasteiger partial charge in [-0.15, -0.1) is 0 Å². The summed E-state index contributed by atoms with van der Waals surface area (Å²) in [6.45, 7) is 3.93. The van der Waals surface area contributed by atoms with E-state index in [1.807, 2.05) is 36.6 Å². The zero-order valence-electron chi connectivity index (χ0n) is 18.2. The van der Waals surface area contributed by atoms with Crippen LogP contribution in [0.1, 0.15) is 33.1 Å². The Kier molecular flexibility index (Phi) is 5.97. The molecule has 1 aliphatic heterocycles. The average molecular weight is 464 g/mol. The number of methoxy groups -OCH3 is 1. The first kappa shape index (κ1) is 22.2. The third kappa shape index (κ3) is 4.22. The monoisotopic (exact) mass is 463 g/mol. The van der Waals surface area contributed by atoms with Gasteiger partial charge in [0.2, 0.25) is 0 Å². The summed E-state index contributed by atoms with van der Waals surface area (Å²) in [6, 6.07) is 12.3. The first-order chi connectivity index (χ1) is 15.8. The molecule has 3 heterocycles. The normalized spacial score (nSPS) is 15.2. The van der Waals surface area contributed by atoms with Crippen molar-refractivity contribution < 1.29 is 23.5 Å². The average Bonchev–Trinajstić information content (AvgIpc) is 3.41. The molecule has 1 aromatic carbocycles. The summed E-state index contributed by atoms with van der Waals surface area (Å²) < 4.78 is 12.0. The SMILES string of the molecule is COC(=O)c1ccc(-n2c(C)cc(/C=C3/C(=O)NC(=S)N(Cc4ccco4)C3=O)c2C)cc1. The van der Waals surface area contributed by atoms with Crippen molar-refractivity contribution in [3.8, 4) is 5.69 Å². The molecule has 2 aromatic heterocycles. The smallest absolute Gasteiger partial charge is 0.337 e. The molecule has 0 radical (unpaired) electrons. The van der Waals surface area contributed by atoms with E-state index >= 15 is 0 Å². The Balaban J connectivity index is 1.67. The molecule has 1 saturated heterocycles. The molecule has 8 nitrogen and oxygen atoms in total. The molecule has 0 bridgehead atoms. The standard InChI is InChI=1S/C24H21N3O5S/c1-14-11-17(15(2)27(14)18-8-6-16(7-9-18)23(30)31-3)12-20-21(28)25-24(33)26(22(20)29)13-19-5-4-10-32-19/h4-12H,13H2,1-3H3,(H,25,28,33)/b20-12-. The van der Waals surface area contributed by atoms with Crippen molar-refractivity contribution in [3.05, 3.63) is 82.6 Å². The minimum absolute atomic E-state index is 0.0172. The zero-order chi connectivity index (χ0) is 23.7. The quantitative estimate of drug-likeness (QED) is 0.270. The fourth-order valence-electron chi connectivity index (χ4n) is 3.75. The van der Waals surface area contributed by atoms with Gasteiger partial charge in [-0.3, -0.25) is 19.8 Å². The topological polar surface area (TPSA) is 93.8 Å². The van der Waals surface area contributed by atoms with Gasteiger partial charge in [0.05, 0.1) is 25.5 Å². The van der Waals surface area contributed by atoms with Gasteiger partial charge >= 0.3 is 5.97 Å². The molecular weight excluding hydrogens is 442 g/mol. The highest BCUT2D eigenvalue weighted by atomic mass is 32.1. The summed E-state index contributed by atoms with van der Waals surface area (Å²) in [5.74, 6) is -0.901. The maximum atomic E-state index is 13.1. The van der Waals surface area contributed by atoms with Crippen molar-refractivity contribution in [1.82, 2.24) is 14.8 Å². The maximum absolute atomic E-state index is 13.1. The lowest BCUT2D eigenvalue weighted by Crippen LogP contribution is -2.53. The lowest BCUT2D eigenvalue weighted by atomic mass is 10.1. The summed E-state index contributed by atoms with van der Waals surface area (Å²) >= 11 is 5.19. The van der Waals surface area contributed by atoms with Crippen molar-refractivity contribution in [3.63, 3.8) is 0 Å². The molecule has 0 aliphatic carbocycles. The number of hydrogen-bond acceptors (Lipinski definition) is 6. The molecule has 0 unspecified atom stereocenters. The molecule has 4 rings (SSSR count). The third-order valence-corrected chi connectivity index (χ3v) is 5.72. The Bertz CT molecular complexity index is 1290. The van der Waals surface area contributed by atoms with Crippen LogP contribution in [-0.2, 0) is 20.9 Å². The van der Waals surface area contributed by atoms with Gasteiger partial charge in [-0.25, -0.2) is 4.79 Å². The Morgan fingerprint density at radius 3 is 2.55 bits per heavy atom. The van der Waals surface area contributed by atoms with Gasteiger partial charge in [-0.2, -0.15) is 0 Å². The predicted molar refractivity (Wildman–Crippen MR) is 125 cm³/mol. The van der Waals surface area contributed by atoms with Crippen molar-refractivity contribution in [2.45, 2.75) is 20.4 Å². The highest BCUT2D eigenvalue weighted by Crippen LogP contribution is 2.25. The van der Waals surface area contributed by atoms with Gasteiger partial charge in [0, 0.05) is 17.1 Å². The molecule has 2 amide bonds. The molecule has 1 fully saturated rings. The van der Waals surface area contributed by atoms with Gasteiger partial charge in [0.25, 0.3) is 11.8 Å². The fourth-order valence-corrected chi connectivity index (χ4v) is 3.99. The summed E-state index contributed by atoms with van der Waals surface area (Å²) in [7, 11) is 1.33. The van der Waals surface area contributed by atoms with Crippen LogP contribution >= 0.6 is 12.2 Å². The van der Waals surface area contributed by atoms with Crippen LogP contribution in [0.3, 0.4) is 0 Å². The zero-order valence-corrected chi connectivity index (χ0v) is 19.1. The van der Waals surface area contributed by atoms with E-state index in [-0.39, 0.29) is 17.2 Å². The van der Waals surface area contributed by atoms with Crippen LogP contribution < -0.4 is 5.32 Å². The number of benzene rings is 1. The number of nitrogens with zero attached hydrogens (tertiary/aromatic N) is 2. The largest absolute Gasteiger partial charge is 0.467 e. The fraction of sp³-hybridized carbons (Fsp3) is 0.167. The van der Waals surface area contributed by atoms with Crippen molar-refractivity contribution in [1.29, 1.82) is 0 Å². The van der Waals surface area contributed by atoms with Crippen LogP contribution in [0, 0.1) is 13.8 Å². The number of nitrogens with one attached hydrogen (secondary N) is 1. The number of ether oxygens (including phenoxy) is 1. The summed E-state index contributed by atoms with van der Waals surface area (Å²) in [5.41, 5.74) is 3.71. The molecule has 1 aliphatic rings. The Labute approximate surface area is 195 Å². The number of carbonyl (C=O) groups is 3. The summed E-state index contributed by atoms with van der Waals surface area (Å²) in [6.07, 6.45) is 3.07. The van der Waals surface area contributed by atoms with E-state index in [0.29, 0.717) is 16.9 Å². The minimum atomic E-state index is -0.548. The maximum Gasteiger partial charge on any atom is 0.337 e. The lowest BCUT2D eigenvalue weighted by molar-refractivity contribution is -0.129. The molecular formula is C24H21N3O5S. The molecule has 9 heteroatoms. The van der Waals surface area contributed by atoms with Crippen LogP contribution in [0.4, 0.5) is 0 Å². The third-order valence-electron chi connectivity index (χ3n) is 5.40. The van der Waals surface area contributed by atoms with Gasteiger partial charge < -0.3 is 13.7 Å². The van der Waals surface area contributed by atoms with Crippen LogP contribution in [0.5, 0.6) is 0 Å². The highest BCUT2D eigenvalue weighted by Gasteiger charge is 2.34. The molecule has 33 heavy (non-hydrogen) atoms. The van der Waals surface area contributed by atoms with Crippen LogP contribution in [0.25, 0.3) is 11.8 Å². The number of thiocarbonyl (C=S) groups is 1. The Hall–Kier alpha value is -3.98. The van der Waals surface area contributed by atoms with Crippen molar-refractivity contribution >= 4 is 41.2 Å². The lowest BCUT2D eigenvalue weighted by Gasteiger charge is -2.28. The first-order valence-corrected chi connectivity index (χ1v) is 10.5. The van der Waals surface area contributed by atoms with Gasteiger partial charge in [-0.1, -0.05) is 0 Å². The Morgan fingerprint density at radius 2 is 1.91 bits per heavy atom. The second-order valence-electron chi connectivity index (χ2n) is 7.49. The highest BCUT2D eigenvalue weighted by molar-refractivity contribution is 7.80. The molecule has 1 N–H and O–H groups in total. The molecule has 0 atom stereocenters. The van der Waals surface area contributed by atoms with Crippen LogP contribution in [0.2, 0.25) is 0 Å². The van der Waals surface area contributed by atoms with Gasteiger partial charge in [0.1, 0.15) is 11.3 Å². The second kappa shape index (κ2) is 8.87. The Morgan fingerprint density at radius 1 is 1.18 bits per heavy atom. The van der Waals surface area contributed by atoms with Gasteiger partial charge in [0.15, 0.2) is 5.11 Å². The van der Waals surface area contributed by atoms with Crippen molar-refractivity contribution in [2.75, 3.05) is 7.11 Å². The van der Waals surface area contributed by atoms with E-state index in [9.17, 15) is 14.4 Å². The molecule has 0 spiro atoms. The molecule has 3 aromatic rings. The van der Waals surface area contributed by atoms with Crippen LogP contribution in [-0.4, -0.2) is 39.5 Å². The number of carbonyl (C=O) groups excluding carboxylic acids is 3. The number of rotatable bonds is 5. The van der Waals surface area contributed by atoms with E-state index in [1.54, 1.807) is 30.3 Å². The molecule has 168 valence electrons. The second-order valence-corrected chi connectivity index (χ2v) is 7.87. The number of esters is 1. The molecule has 0 saturated carbocycles. The summed E-state index contributed by atoms with van der Waals surface area (Å²) in [5, 5.41) is 2.61. The number of aromatic nitrogens is 1. The number of hydrogen-bond donors (Lipinski definition) is 1. The van der Waals surface area contributed by atoms with Crippen molar-refractivity contribution in [2.24, 2.45) is 0 Å². The first-order valence-electron chi connectivity index (χ1n) is 10.1. The van der Waals surface area contributed by atoms with E-state index < -0.39 is 17.8 Å². The number of aryl methyl sites for hydroxylation is 1. The van der Waals surface area contributed by atoms with E-state index in [4.69, 9.17) is 21.4 Å². The minimum Gasteiger partial charge on any atom is -0.467 e. The predicted octanol–water partition coefficient (Wildman–Crippen LogP) is 3.30.